The van der Waals surface area contributed by atoms with Gasteiger partial charge in [-0.15, -0.1) is 0 Å². The zero-order valence-corrected chi connectivity index (χ0v) is 13.8. The highest BCUT2D eigenvalue weighted by molar-refractivity contribution is 7.92. The van der Waals surface area contributed by atoms with Gasteiger partial charge in [0.05, 0.1) is 11.9 Å². The topological polar surface area (TPSA) is 70.2 Å². The van der Waals surface area contributed by atoms with E-state index in [4.69, 9.17) is 0 Å². The van der Waals surface area contributed by atoms with Crippen LogP contribution in [0.1, 0.15) is 31.7 Å². The molecule has 1 aliphatic heterocycles. The Balaban J connectivity index is 1.96. The maximum Gasteiger partial charge on any atom is 0.229 e. The molecular weight excluding hydrogens is 286 g/mol. The Labute approximate surface area is 127 Å². The number of hydrogen-bond donors (Lipinski definition) is 3. The normalized spacial score (nSPS) is 20.2. The number of hydrogen-bond acceptors (Lipinski definition) is 4. The highest BCUT2D eigenvalue weighted by Gasteiger charge is 2.17. The fourth-order valence-corrected chi connectivity index (χ4v) is 3.42. The SMILES string of the molecule is Cc1cc(NC(C)CC2CCCN2)ccc1NS(C)(=O)=O. The summed E-state index contributed by atoms with van der Waals surface area (Å²) in [6.45, 7) is 5.21. The fraction of sp³-hybridized carbons (Fsp3) is 0.600. The van der Waals surface area contributed by atoms with Crippen LogP contribution in [0.4, 0.5) is 11.4 Å². The summed E-state index contributed by atoms with van der Waals surface area (Å²) < 4.78 is 25.1. The van der Waals surface area contributed by atoms with Gasteiger partial charge >= 0.3 is 0 Å². The molecule has 5 nitrogen and oxygen atoms in total. The van der Waals surface area contributed by atoms with Crippen LogP contribution in [0, 0.1) is 6.92 Å². The van der Waals surface area contributed by atoms with Crippen molar-refractivity contribution in [2.24, 2.45) is 0 Å². The molecule has 3 N–H and O–H groups in total. The predicted octanol–water partition coefficient (Wildman–Crippen LogP) is 2.31. The van der Waals surface area contributed by atoms with Gasteiger partial charge in [0.25, 0.3) is 0 Å². The quantitative estimate of drug-likeness (QED) is 0.754. The summed E-state index contributed by atoms with van der Waals surface area (Å²) in [5.41, 5.74) is 2.57. The van der Waals surface area contributed by atoms with Crippen LogP contribution >= 0.6 is 0 Å². The van der Waals surface area contributed by atoms with Gasteiger partial charge in [-0.05, 0) is 63.4 Å². The molecule has 21 heavy (non-hydrogen) atoms. The molecular formula is C15H25N3O2S. The lowest BCUT2D eigenvalue weighted by atomic mass is 10.1. The van der Waals surface area contributed by atoms with E-state index in [1.807, 2.05) is 19.1 Å². The smallest absolute Gasteiger partial charge is 0.229 e. The molecule has 2 atom stereocenters. The first-order valence-corrected chi connectivity index (χ1v) is 9.31. The minimum Gasteiger partial charge on any atom is -0.383 e. The lowest BCUT2D eigenvalue weighted by Crippen LogP contribution is -2.29. The summed E-state index contributed by atoms with van der Waals surface area (Å²) in [6.07, 6.45) is 4.78. The Hall–Kier alpha value is -1.27. The van der Waals surface area contributed by atoms with Crippen LogP contribution in [0.25, 0.3) is 0 Å². The molecule has 0 spiro atoms. The molecule has 0 amide bonds. The van der Waals surface area contributed by atoms with Crippen LogP contribution in [0.5, 0.6) is 0 Å². The monoisotopic (exact) mass is 311 g/mol. The van der Waals surface area contributed by atoms with E-state index in [-0.39, 0.29) is 0 Å². The van der Waals surface area contributed by atoms with E-state index in [0.29, 0.717) is 17.8 Å². The summed E-state index contributed by atoms with van der Waals surface area (Å²) in [5, 5.41) is 6.99. The Kier molecular flexibility index (Phi) is 5.11. The predicted molar refractivity (Wildman–Crippen MR) is 88.4 cm³/mol. The van der Waals surface area contributed by atoms with Gasteiger partial charge in [0.2, 0.25) is 10.0 Å². The van der Waals surface area contributed by atoms with Gasteiger partial charge in [-0.2, -0.15) is 0 Å². The average Bonchev–Trinajstić information content (AvgIpc) is 2.84. The highest BCUT2D eigenvalue weighted by Crippen LogP contribution is 2.22. The van der Waals surface area contributed by atoms with Gasteiger partial charge in [0.15, 0.2) is 0 Å². The highest BCUT2D eigenvalue weighted by atomic mass is 32.2. The van der Waals surface area contributed by atoms with Crippen LogP contribution in [0.15, 0.2) is 18.2 Å². The third-order valence-corrected chi connectivity index (χ3v) is 4.33. The zero-order chi connectivity index (χ0) is 15.5. The molecule has 1 fully saturated rings. The van der Waals surface area contributed by atoms with Gasteiger partial charge in [-0.1, -0.05) is 0 Å². The number of sulfonamides is 1. The fourth-order valence-electron chi connectivity index (χ4n) is 2.80. The average molecular weight is 311 g/mol. The number of anilines is 2. The first-order valence-electron chi connectivity index (χ1n) is 7.42. The van der Waals surface area contributed by atoms with Gasteiger partial charge in [-0.3, -0.25) is 4.72 Å². The molecule has 6 heteroatoms. The number of rotatable bonds is 6. The second-order valence-electron chi connectivity index (χ2n) is 5.98. The van der Waals surface area contributed by atoms with Gasteiger partial charge in [-0.25, -0.2) is 8.42 Å². The molecule has 2 rings (SSSR count). The molecule has 1 saturated heterocycles. The molecule has 0 radical (unpaired) electrons. The standard InChI is InChI=1S/C15H25N3O2S/c1-11-9-14(6-7-15(11)18-21(3,19)20)17-12(2)10-13-5-4-8-16-13/h6-7,9,12-13,16-18H,4-5,8,10H2,1-3H3. The van der Waals surface area contributed by atoms with Crippen molar-refractivity contribution in [3.05, 3.63) is 23.8 Å². The van der Waals surface area contributed by atoms with Crippen molar-refractivity contribution in [2.45, 2.75) is 45.2 Å². The van der Waals surface area contributed by atoms with Crippen molar-refractivity contribution in [2.75, 3.05) is 22.8 Å². The first-order chi connectivity index (χ1) is 9.83. The zero-order valence-electron chi connectivity index (χ0n) is 12.9. The van der Waals surface area contributed by atoms with Crippen molar-refractivity contribution in [1.82, 2.24) is 5.32 Å². The minimum absolute atomic E-state index is 0.383. The first kappa shape index (κ1) is 16.1. The lowest BCUT2D eigenvalue weighted by molar-refractivity contribution is 0.523. The molecule has 1 aliphatic rings. The Bertz CT molecular complexity index is 581. The molecule has 1 heterocycles. The third kappa shape index (κ3) is 5.21. The number of nitrogens with one attached hydrogen (secondary N) is 3. The maximum absolute atomic E-state index is 11.3. The van der Waals surface area contributed by atoms with Gasteiger partial charge in [0, 0.05) is 17.8 Å². The maximum atomic E-state index is 11.3. The molecule has 118 valence electrons. The van der Waals surface area contributed by atoms with Crippen molar-refractivity contribution < 1.29 is 8.42 Å². The van der Waals surface area contributed by atoms with Crippen LogP contribution in [-0.2, 0) is 10.0 Å². The Morgan fingerprint density at radius 3 is 2.76 bits per heavy atom. The Morgan fingerprint density at radius 2 is 2.19 bits per heavy atom. The molecule has 0 bridgehead atoms. The van der Waals surface area contributed by atoms with E-state index < -0.39 is 10.0 Å². The van der Waals surface area contributed by atoms with Gasteiger partial charge in [0.1, 0.15) is 0 Å². The second-order valence-corrected chi connectivity index (χ2v) is 7.73. The second kappa shape index (κ2) is 6.66. The molecule has 0 aromatic heterocycles. The Morgan fingerprint density at radius 1 is 1.43 bits per heavy atom. The van der Waals surface area contributed by atoms with E-state index in [9.17, 15) is 8.42 Å². The molecule has 1 aromatic carbocycles. The molecule has 0 aliphatic carbocycles. The van der Waals surface area contributed by atoms with Crippen LogP contribution in [0.3, 0.4) is 0 Å². The molecule has 2 unspecified atom stereocenters. The summed E-state index contributed by atoms with van der Waals surface area (Å²) in [4.78, 5) is 0. The van der Waals surface area contributed by atoms with Crippen molar-refractivity contribution >= 4 is 21.4 Å². The molecule has 1 aromatic rings. The van der Waals surface area contributed by atoms with Crippen LogP contribution in [-0.4, -0.2) is 33.3 Å². The van der Waals surface area contributed by atoms with Crippen molar-refractivity contribution in [3.8, 4) is 0 Å². The van der Waals surface area contributed by atoms with Crippen LogP contribution in [0.2, 0.25) is 0 Å². The third-order valence-electron chi connectivity index (χ3n) is 3.74. The van der Waals surface area contributed by atoms with Crippen LogP contribution < -0.4 is 15.4 Å². The largest absolute Gasteiger partial charge is 0.383 e. The summed E-state index contributed by atoms with van der Waals surface area (Å²) in [5.74, 6) is 0. The summed E-state index contributed by atoms with van der Waals surface area (Å²) in [7, 11) is -3.23. The van der Waals surface area contributed by atoms with E-state index in [1.54, 1.807) is 6.07 Å². The van der Waals surface area contributed by atoms with Gasteiger partial charge < -0.3 is 10.6 Å². The summed E-state index contributed by atoms with van der Waals surface area (Å²) >= 11 is 0. The van der Waals surface area contributed by atoms with E-state index in [0.717, 1.165) is 30.5 Å². The molecule has 0 saturated carbocycles. The summed E-state index contributed by atoms with van der Waals surface area (Å²) in [6, 6.07) is 6.69. The van der Waals surface area contributed by atoms with E-state index in [1.165, 1.54) is 12.8 Å². The van der Waals surface area contributed by atoms with E-state index in [2.05, 4.69) is 22.3 Å². The van der Waals surface area contributed by atoms with Crippen molar-refractivity contribution in [3.63, 3.8) is 0 Å². The number of benzene rings is 1. The minimum atomic E-state index is -3.23. The van der Waals surface area contributed by atoms with Crippen molar-refractivity contribution in [1.29, 1.82) is 0 Å². The number of aryl methyl sites for hydroxylation is 1. The lowest BCUT2D eigenvalue weighted by Gasteiger charge is -2.20. The van der Waals surface area contributed by atoms with E-state index >= 15 is 0 Å².